The lowest BCUT2D eigenvalue weighted by Crippen LogP contribution is -2.36. The maximum Gasteiger partial charge on any atom is 0.191 e. The second-order valence-corrected chi connectivity index (χ2v) is 5.66. The van der Waals surface area contributed by atoms with Crippen LogP contribution in [0, 0.1) is 0 Å². The molecule has 2 aromatic rings. The Balaban J connectivity index is 0.00000220. The van der Waals surface area contributed by atoms with Gasteiger partial charge in [-0.1, -0.05) is 6.92 Å². The van der Waals surface area contributed by atoms with Crippen LogP contribution in [0.3, 0.4) is 0 Å². The SMILES string of the molecule is CCc1cnc(CNC(=NC)NCc2cccn2C)s1.I. The van der Waals surface area contributed by atoms with Crippen LogP contribution in [-0.4, -0.2) is 22.6 Å². The highest BCUT2D eigenvalue weighted by Crippen LogP contribution is 2.12. The minimum absolute atomic E-state index is 0. The number of nitrogens with one attached hydrogen (secondary N) is 2. The van der Waals surface area contributed by atoms with Crippen molar-refractivity contribution in [3.63, 3.8) is 0 Å². The number of hydrogen-bond donors (Lipinski definition) is 2. The van der Waals surface area contributed by atoms with Gasteiger partial charge in [0, 0.05) is 37.1 Å². The molecule has 0 unspecified atom stereocenters. The summed E-state index contributed by atoms with van der Waals surface area (Å²) in [7, 11) is 3.81. The first kappa shape index (κ1) is 18.0. The van der Waals surface area contributed by atoms with Gasteiger partial charge in [0.1, 0.15) is 5.01 Å². The van der Waals surface area contributed by atoms with E-state index in [1.807, 2.05) is 25.5 Å². The first-order valence-corrected chi connectivity index (χ1v) is 7.53. The number of rotatable bonds is 5. The van der Waals surface area contributed by atoms with Gasteiger partial charge >= 0.3 is 0 Å². The minimum atomic E-state index is 0. The van der Waals surface area contributed by atoms with Crippen molar-refractivity contribution in [2.24, 2.45) is 12.0 Å². The van der Waals surface area contributed by atoms with Crippen LogP contribution in [-0.2, 0) is 26.6 Å². The second-order valence-electron chi connectivity index (χ2n) is 4.46. The highest BCUT2D eigenvalue weighted by atomic mass is 127. The number of guanidine groups is 1. The van der Waals surface area contributed by atoms with Crippen molar-refractivity contribution in [3.05, 3.63) is 40.1 Å². The number of halogens is 1. The summed E-state index contributed by atoms with van der Waals surface area (Å²) in [4.78, 5) is 9.92. The predicted octanol–water partition coefficient (Wildman–Crippen LogP) is 2.53. The quantitative estimate of drug-likeness (QED) is 0.445. The Bertz CT molecular complexity index is 575. The number of nitrogens with zero attached hydrogens (tertiary/aromatic N) is 3. The zero-order valence-corrected chi connectivity index (χ0v) is 15.7. The molecule has 21 heavy (non-hydrogen) atoms. The molecule has 116 valence electrons. The largest absolute Gasteiger partial charge is 0.353 e. The van der Waals surface area contributed by atoms with E-state index >= 15 is 0 Å². The summed E-state index contributed by atoms with van der Waals surface area (Å²) in [6, 6.07) is 4.13. The zero-order chi connectivity index (χ0) is 14.4. The molecule has 0 spiro atoms. The summed E-state index contributed by atoms with van der Waals surface area (Å²) in [5.41, 5.74) is 1.22. The molecule has 0 aliphatic heterocycles. The van der Waals surface area contributed by atoms with Gasteiger partial charge in [-0.2, -0.15) is 0 Å². The lowest BCUT2D eigenvalue weighted by molar-refractivity contribution is 0.749. The fourth-order valence-electron chi connectivity index (χ4n) is 1.83. The zero-order valence-electron chi connectivity index (χ0n) is 12.6. The summed E-state index contributed by atoms with van der Waals surface area (Å²) in [6.45, 7) is 3.60. The number of hydrogen-bond acceptors (Lipinski definition) is 3. The molecule has 2 N–H and O–H groups in total. The molecule has 0 aliphatic rings. The van der Waals surface area contributed by atoms with Gasteiger partial charge < -0.3 is 15.2 Å². The highest BCUT2D eigenvalue weighted by Gasteiger charge is 2.03. The van der Waals surface area contributed by atoms with E-state index in [1.165, 1.54) is 10.6 Å². The maximum absolute atomic E-state index is 4.39. The topological polar surface area (TPSA) is 54.2 Å². The smallest absolute Gasteiger partial charge is 0.191 e. The van der Waals surface area contributed by atoms with E-state index in [-0.39, 0.29) is 24.0 Å². The monoisotopic (exact) mass is 419 g/mol. The third kappa shape index (κ3) is 5.31. The van der Waals surface area contributed by atoms with Crippen LogP contribution in [0.4, 0.5) is 0 Å². The van der Waals surface area contributed by atoms with E-state index in [4.69, 9.17) is 0 Å². The Morgan fingerprint density at radius 3 is 2.71 bits per heavy atom. The molecule has 0 aromatic carbocycles. The molecule has 7 heteroatoms. The number of aliphatic imine (C=N–C) groups is 1. The molecule has 0 saturated carbocycles. The van der Waals surface area contributed by atoms with E-state index < -0.39 is 0 Å². The van der Waals surface area contributed by atoms with E-state index in [0.717, 1.165) is 23.9 Å². The molecule has 0 saturated heterocycles. The molecule has 5 nitrogen and oxygen atoms in total. The predicted molar refractivity (Wildman–Crippen MR) is 99.4 cm³/mol. The molecule has 2 rings (SSSR count). The third-order valence-electron chi connectivity index (χ3n) is 3.07. The Labute approximate surface area is 146 Å². The molecule has 0 radical (unpaired) electrons. The average molecular weight is 419 g/mol. The van der Waals surface area contributed by atoms with Crippen molar-refractivity contribution < 1.29 is 0 Å². The number of aryl methyl sites for hydroxylation is 2. The van der Waals surface area contributed by atoms with Crippen molar-refractivity contribution in [2.75, 3.05) is 7.05 Å². The van der Waals surface area contributed by atoms with Gasteiger partial charge in [0.05, 0.1) is 13.1 Å². The Morgan fingerprint density at radius 2 is 2.14 bits per heavy atom. The first-order valence-electron chi connectivity index (χ1n) is 6.71. The summed E-state index contributed by atoms with van der Waals surface area (Å²) < 4.78 is 2.09. The van der Waals surface area contributed by atoms with Crippen molar-refractivity contribution in [1.82, 2.24) is 20.2 Å². The van der Waals surface area contributed by atoms with Gasteiger partial charge in [0.2, 0.25) is 0 Å². The Hall–Kier alpha value is -1.09. The van der Waals surface area contributed by atoms with Gasteiger partial charge in [-0.3, -0.25) is 4.99 Å². The van der Waals surface area contributed by atoms with Gasteiger partial charge in [-0.15, -0.1) is 35.3 Å². The molecule has 0 bridgehead atoms. The van der Waals surface area contributed by atoms with Crippen LogP contribution in [0.5, 0.6) is 0 Å². The van der Waals surface area contributed by atoms with Crippen molar-refractivity contribution in [2.45, 2.75) is 26.4 Å². The highest BCUT2D eigenvalue weighted by molar-refractivity contribution is 14.0. The van der Waals surface area contributed by atoms with Gasteiger partial charge in [-0.05, 0) is 18.6 Å². The molecular formula is C14H22IN5S. The molecule has 0 aliphatic carbocycles. The van der Waals surface area contributed by atoms with Crippen LogP contribution in [0.25, 0.3) is 0 Å². The first-order chi connectivity index (χ1) is 9.72. The number of aromatic nitrogens is 2. The lowest BCUT2D eigenvalue weighted by Gasteiger charge is -2.11. The van der Waals surface area contributed by atoms with Crippen molar-refractivity contribution in [1.29, 1.82) is 0 Å². The maximum atomic E-state index is 4.39. The van der Waals surface area contributed by atoms with E-state index in [2.05, 4.69) is 38.2 Å². The van der Waals surface area contributed by atoms with Crippen LogP contribution < -0.4 is 10.6 Å². The van der Waals surface area contributed by atoms with Gasteiger partial charge in [-0.25, -0.2) is 4.98 Å². The second kappa shape index (κ2) is 9.04. The standard InChI is InChI=1S/C14H21N5S.HI/c1-4-12-9-16-13(20-12)10-18-14(15-2)17-8-11-6-5-7-19(11)3;/h5-7,9H,4,8,10H2,1-3H3,(H2,15,17,18);1H. The van der Waals surface area contributed by atoms with Crippen LogP contribution in [0.2, 0.25) is 0 Å². The summed E-state index contributed by atoms with van der Waals surface area (Å²) in [6.07, 6.45) is 5.02. The summed E-state index contributed by atoms with van der Waals surface area (Å²) in [5, 5.41) is 7.67. The van der Waals surface area contributed by atoms with E-state index in [0.29, 0.717) is 6.54 Å². The molecular weight excluding hydrogens is 397 g/mol. The summed E-state index contributed by atoms with van der Waals surface area (Å²) in [5.74, 6) is 0.791. The summed E-state index contributed by atoms with van der Waals surface area (Å²) >= 11 is 1.74. The Morgan fingerprint density at radius 1 is 1.38 bits per heavy atom. The normalized spacial score (nSPS) is 11.1. The van der Waals surface area contributed by atoms with E-state index in [9.17, 15) is 0 Å². The fourth-order valence-corrected chi connectivity index (χ4v) is 2.63. The van der Waals surface area contributed by atoms with Crippen molar-refractivity contribution in [3.8, 4) is 0 Å². The van der Waals surface area contributed by atoms with Gasteiger partial charge in [0.25, 0.3) is 0 Å². The molecule has 2 aromatic heterocycles. The van der Waals surface area contributed by atoms with Crippen LogP contribution >= 0.6 is 35.3 Å². The Kier molecular flexibility index (Phi) is 7.73. The van der Waals surface area contributed by atoms with Crippen LogP contribution in [0.15, 0.2) is 29.5 Å². The molecule has 2 heterocycles. The number of thiazole rings is 1. The third-order valence-corrected chi connectivity index (χ3v) is 4.21. The fraction of sp³-hybridized carbons (Fsp3) is 0.429. The van der Waals surface area contributed by atoms with E-state index in [1.54, 1.807) is 18.4 Å². The van der Waals surface area contributed by atoms with Crippen molar-refractivity contribution >= 4 is 41.3 Å². The lowest BCUT2D eigenvalue weighted by atomic mass is 10.4. The molecule has 0 atom stereocenters. The molecule has 0 fully saturated rings. The average Bonchev–Trinajstić information content (AvgIpc) is 3.08. The minimum Gasteiger partial charge on any atom is -0.353 e. The van der Waals surface area contributed by atoms with Crippen LogP contribution in [0.1, 0.15) is 22.5 Å². The molecule has 0 amide bonds. The van der Waals surface area contributed by atoms with Gasteiger partial charge in [0.15, 0.2) is 5.96 Å².